The minimum absolute atomic E-state index is 0.0176. The van der Waals surface area contributed by atoms with E-state index in [9.17, 15) is 4.39 Å². The maximum absolute atomic E-state index is 14.3. The number of hydrogen-bond acceptors (Lipinski definition) is 4. The Labute approximate surface area is 239 Å². The highest BCUT2D eigenvalue weighted by Crippen LogP contribution is 2.53. The van der Waals surface area contributed by atoms with E-state index in [1.807, 2.05) is 12.1 Å². The second-order valence-corrected chi connectivity index (χ2v) is 12.1. The Morgan fingerprint density at radius 1 is 1.05 bits per heavy atom. The summed E-state index contributed by atoms with van der Waals surface area (Å²) in [7, 11) is 0. The molecule has 1 aromatic heterocycles. The van der Waals surface area contributed by atoms with E-state index in [-0.39, 0.29) is 24.1 Å². The van der Waals surface area contributed by atoms with Crippen LogP contribution >= 0.6 is 11.6 Å². The number of likely N-dealkylation sites (tertiary alicyclic amines) is 1. The summed E-state index contributed by atoms with van der Waals surface area (Å²) in [5.74, 6) is 2.13. The van der Waals surface area contributed by atoms with Crippen molar-refractivity contribution in [3.63, 3.8) is 0 Å². The van der Waals surface area contributed by atoms with Crippen molar-refractivity contribution in [2.24, 2.45) is 0 Å². The molecule has 3 aromatic carbocycles. The van der Waals surface area contributed by atoms with Gasteiger partial charge in [0.05, 0.1) is 29.2 Å². The van der Waals surface area contributed by atoms with Crippen molar-refractivity contribution in [2.45, 2.75) is 69.7 Å². The molecule has 0 bridgehead atoms. The van der Waals surface area contributed by atoms with E-state index in [4.69, 9.17) is 26.1 Å². The highest BCUT2D eigenvalue weighted by molar-refractivity contribution is 6.30. The summed E-state index contributed by atoms with van der Waals surface area (Å²) in [5.41, 5.74) is 5.32. The number of halogens is 2. The molecule has 1 aliphatic carbocycles. The van der Waals surface area contributed by atoms with Crippen molar-refractivity contribution in [1.29, 1.82) is 0 Å². The molecule has 4 aromatic rings. The molecule has 5 nitrogen and oxygen atoms in total. The number of hydrogen-bond donors (Lipinski definition) is 0. The van der Waals surface area contributed by atoms with Gasteiger partial charge in [0.2, 0.25) is 0 Å². The number of fused-ring (bicyclic) bond motifs is 1. The Hall–Kier alpha value is -2.93. The molecule has 2 saturated heterocycles. The van der Waals surface area contributed by atoms with E-state index in [1.165, 1.54) is 28.5 Å². The van der Waals surface area contributed by atoms with Gasteiger partial charge in [0, 0.05) is 17.2 Å². The number of para-hydroxylation sites is 1. The van der Waals surface area contributed by atoms with Crippen LogP contribution in [0.4, 0.5) is 4.39 Å². The van der Waals surface area contributed by atoms with Gasteiger partial charge in [-0.2, -0.15) is 0 Å². The van der Waals surface area contributed by atoms with Gasteiger partial charge in [-0.15, -0.1) is 0 Å². The first-order chi connectivity index (χ1) is 19.5. The van der Waals surface area contributed by atoms with Gasteiger partial charge in [-0.25, -0.2) is 9.37 Å². The first-order valence-electron chi connectivity index (χ1n) is 14.5. The molecule has 3 fully saturated rings. The number of nitrogens with zero attached hydrogens (tertiary/aromatic N) is 3. The minimum atomic E-state index is -0.335. The lowest BCUT2D eigenvalue weighted by atomic mass is 9.88. The van der Waals surface area contributed by atoms with Crippen molar-refractivity contribution in [2.75, 3.05) is 19.7 Å². The summed E-state index contributed by atoms with van der Waals surface area (Å²) >= 11 is 5.92. The molecule has 1 atom stereocenters. The van der Waals surface area contributed by atoms with Crippen molar-refractivity contribution < 1.29 is 13.9 Å². The van der Waals surface area contributed by atoms with E-state index in [1.54, 1.807) is 12.1 Å². The Bertz CT molecular complexity index is 1540. The Morgan fingerprint density at radius 3 is 2.58 bits per heavy atom. The predicted molar refractivity (Wildman–Crippen MR) is 155 cm³/mol. The van der Waals surface area contributed by atoms with Crippen LogP contribution in [-0.2, 0) is 23.4 Å². The third-order valence-corrected chi connectivity index (χ3v) is 9.32. The van der Waals surface area contributed by atoms with E-state index in [2.05, 4.69) is 46.7 Å². The summed E-state index contributed by atoms with van der Waals surface area (Å²) in [5, 5.41) is 0.392. The van der Waals surface area contributed by atoms with Crippen LogP contribution in [0, 0.1) is 12.7 Å². The van der Waals surface area contributed by atoms with Crippen LogP contribution in [0.25, 0.3) is 11.0 Å². The lowest BCUT2D eigenvalue weighted by Gasteiger charge is -2.39. The van der Waals surface area contributed by atoms with Gasteiger partial charge in [-0.3, -0.25) is 4.90 Å². The Morgan fingerprint density at radius 2 is 1.85 bits per heavy atom. The minimum Gasteiger partial charge on any atom is -0.489 e. The molecular formula is C33H35ClFN3O2. The first-order valence-corrected chi connectivity index (χ1v) is 14.9. The average molecular weight is 560 g/mol. The van der Waals surface area contributed by atoms with Crippen LogP contribution in [0.5, 0.6) is 5.75 Å². The maximum Gasteiger partial charge on any atom is 0.131 e. The number of aromatic nitrogens is 2. The zero-order valence-corrected chi connectivity index (χ0v) is 23.7. The molecule has 0 unspecified atom stereocenters. The number of benzene rings is 3. The topological polar surface area (TPSA) is 39.5 Å². The van der Waals surface area contributed by atoms with Gasteiger partial charge in [-0.1, -0.05) is 41.9 Å². The third-order valence-electron chi connectivity index (χ3n) is 9.08. The van der Waals surface area contributed by atoms with Gasteiger partial charge in [-0.05, 0) is 99.5 Å². The molecule has 2 aliphatic heterocycles. The summed E-state index contributed by atoms with van der Waals surface area (Å²) < 4.78 is 28.8. The third kappa shape index (κ3) is 4.80. The lowest BCUT2D eigenvalue weighted by Crippen LogP contribution is -2.43. The summed E-state index contributed by atoms with van der Waals surface area (Å²) in [6.07, 6.45) is 5.83. The first kappa shape index (κ1) is 26.0. The predicted octanol–water partition coefficient (Wildman–Crippen LogP) is 7.37. The lowest BCUT2D eigenvalue weighted by molar-refractivity contribution is -0.0596. The Kier molecular flexibility index (Phi) is 6.81. The van der Waals surface area contributed by atoms with Crippen molar-refractivity contribution in [3.05, 3.63) is 94.0 Å². The molecule has 0 N–H and O–H groups in total. The van der Waals surface area contributed by atoms with E-state index in [0.29, 0.717) is 16.5 Å². The molecule has 7 rings (SSSR count). The normalized spacial score (nSPS) is 20.9. The summed E-state index contributed by atoms with van der Waals surface area (Å²) in [4.78, 5) is 7.92. The average Bonchev–Trinajstić information content (AvgIpc) is 3.67. The number of imidazole rings is 1. The summed E-state index contributed by atoms with van der Waals surface area (Å²) in [6, 6.07) is 19.6. The van der Waals surface area contributed by atoms with Crippen LogP contribution in [0.3, 0.4) is 0 Å². The van der Waals surface area contributed by atoms with Crippen molar-refractivity contribution >= 4 is 22.6 Å². The van der Waals surface area contributed by atoms with Gasteiger partial charge >= 0.3 is 0 Å². The molecule has 40 heavy (non-hydrogen) atoms. The van der Waals surface area contributed by atoms with Gasteiger partial charge in [0.15, 0.2) is 0 Å². The molecule has 3 heterocycles. The fraction of sp³-hybridized carbons (Fsp3) is 0.424. The maximum atomic E-state index is 14.3. The van der Waals surface area contributed by atoms with E-state index < -0.39 is 0 Å². The standard InChI is InChI=1S/C33H35ClFN3O2/c1-22-6-9-29-30(18-22)38(20-26-12-17-39-26)32(36-29)33(13-14-33)37-15-10-23(11-16-37)27-4-2-3-5-31(27)40-21-24-7-8-25(34)19-28(24)35/h2-9,18-19,23,26H,10-17,20-21H2,1H3/t26-/m0/s1. The molecular weight excluding hydrogens is 525 g/mol. The highest BCUT2D eigenvalue weighted by atomic mass is 35.5. The van der Waals surface area contributed by atoms with Crippen molar-refractivity contribution in [1.82, 2.24) is 14.5 Å². The summed E-state index contributed by atoms with van der Waals surface area (Å²) in [6.45, 7) is 6.13. The molecule has 208 valence electrons. The zero-order valence-electron chi connectivity index (χ0n) is 22.9. The van der Waals surface area contributed by atoms with Crippen LogP contribution in [-0.4, -0.2) is 40.3 Å². The van der Waals surface area contributed by atoms with Crippen LogP contribution < -0.4 is 4.74 Å². The largest absolute Gasteiger partial charge is 0.489 e. The Balaban J connectivity index is 1.09. The molecule has 0 radical (unpaired) electrons. The number of ether oxygens (including phenoxy) is 2. The van der Waals surface area contributed by atoms with Crippen LogP contribution in [0.1, 0.15) is 60.5 Å². The van der Waals surface area contributed by atoms with Gasteiger partial charge in [0.1, 0.15) is 24.0 Å². The molecule has 1 saturated carbocycles. The highest BCUT2D eigenvalue weighted by Gasteiger charge is 2.53. The second-order valence-electron chi connectivity index (χ2n) is 11.7. The quantitative estimate of drug-likeness (QED) is 0.226. The van der Waals surface area contributed by atoms with E-state index in [0.717, 1.165) is 69.6 Å². The van der Waals surface area contributed by atoms with Crippen LogP contribution in [0.15, 0.2) is 60.7 Å². The van der Waals surface area contributed by atoms with Gasteiger partial charge < -0.3 is 14.0 Å². The molecule has 0 amide bonds. The number of rotatable bonds is 8. The number of piperidine rings is 1. The smallest absolute Gasteiger partial charge is 0.131 e. The zero-order chi connectivity index (χ0) is 27.3. The number of aryl methyl sites for hydroxylation is 1. The van der Waals surface area contributed by atoms with Crippen LogP contribution in [0.2, 0.25) is 5.02 Å². The van der Waals surface area contributed by atoms with Crippen molar-refractivity contribution in [3.8, 4) is 5.75 Å². The fourth-order valence-corrected chi connectivity index (χ4v) is 6.73. The molecule has 7 heteroatoms. The molecule has 0 spiro atoms. The van der Waals surface area contributed by atoms with E-state index >= 15 is 0 Å². The second kappa shape index (κ2) is 10.5. The molecule has 3 aliphatic rings. The fourth-order valence-electron chi connectivity index (χ4n) is 6.57. The SMILES string of the molecule is Cc1ccc2nc(C3(N4CCC(c5ccccc5OCc5ccc(Cl)cc5F)CC4)CC3)n(C[C@@H]3CCO3)c2c1. The van der Waals surface area contributed by atoms with Gasteiger partial charge in [0.25, 0.3) is 0 Å². The monoisotopic (exact) mass is 559 g/mol.